The molecule has 5 fully saturated rings. The average molecular weight is 887 g/mol. The van der Waals surface area contributed by atoms with E-state index >= 15 is 0 Å². The van der Waals surface area contributed by atoms with Crippen molar-refractivity contribution in [3.8, 4) is 11.6 Å². The summed E-state index contributed by atoms with van der Waals surface area (Å²) in [5.41, 5.74) is -0.160. The Bertz CT molecular complexity index is 2260. The van der Waals surface area contributed by atoms with E-state index in [1.165, 1.54) is 24.2 Å². The monoisotopic (exact) mass is 886 g/mol. The predicted octanol–water partition coefficient (Wildman–Crippen LogP) is 5.52. The van der Waals surface area contributed by atoms with Crippen LogP contribution in [-0.4, -0.2) is 114 Å². The van der Waals surface area contributed by atoms with Gasteiger partial charge in [-0.15, -0.1) is 0 Å². The van der Waals surface area contributed by atoms with E-state index in [0.717, 1.165) is 63.5 Å². The third-order valence-corrected chi connectivity index (χ3v) is 16.5. The van der Waals surface area contributed by atoms with E-state index < -0.39 is 68.2 Å². The normalized spacial score (nSPS) is 32.3. The summed E-state index contributed by atoms with van der Waals surface area (Å²) >= 11 is 0. The van der Waals surface area contributed by atoms with Crippen LogP contribution in [-0.2, 0) is 29.1 Å². The van der Waals surface area contributed by atoms with Crippen molar-refractivity contribution < 1.29 is 41.8 Å². The SMILES string of the molecule is CC1(S(=O)(=O)NC(=O)[C@@]23C[C@@H]2/C=C\CCCCC[C@@H]2NC(=O)O[C@@H]4C[C@H]4CCC/C=C/c4c(nc5ccccc5c4OCCN4CCCCC4)O[C@@H]4C[C@@H](C(=O)N3)N(C4)C2=O)CC1. The number of hydrogen-bond acceptors (Lipinski definition) is 11. The van der Waals surface area contributed by atoms with Crippen LogP contribution in [0, 0.1) is 11.8 Å². The fourth-order valence-electron chi connectivity index (χ4n) is 9.81. The zero-order valence-corrected chi connectivity index (χ0v) is 37.2. The van der Waals surface area contributed by atoms with Crippen LogP contribution < -0.4 is 24.8 Å². The third kappa shape index (κ3) is 9.57. The van der Waals surface area contributed by atoms with Crippen LogP contribution in [0.3, 0.4) is 0 Å². The average Bonchev–Trinajstić information content (AvgIpc) is 4.23. The Morgan fingerprint density at radius 2 is 1.76 bits per heavy atom. The molecule has 15 nitrogen and oxygen atoms in total. The summed E-state index contributed by atoms with van der Waals surface area (Å²) in [6.07, 6.45) is 17.7. The van der Waals surface area contributed by atoms with Gasteiger partial charge in [0.05, 0.1) is 22.4 Å². The fourth-order valence-corrected chi connectivity index (χ4v) is 11.1. The van der Waals surface area contributed by atoms with E-state index in [4.69, 9.17) is 19.2 Å². The highest BCUT2D eigenvalue weighted by Gasteiger charge is 2.63. The van der Waals surface area contributed by atoms with E-state index in [1.807, 2.05) is 42.5 Å². The second-order valence-corrected chi connectivity index (χ2v) is 21.3. The van der Waals surface area contributed by atoms with Gasteiger partial charge in [-0.25, -0.2) is 18.2 Å². The van der Waals surface area contributed by atoms with Crippen molar-refractivity contribution >= 4 is 50.8 Å². The molecule has 4 aliphatic heterocycles. The molecule has 7 aliphatic rings. The van der Waals surface area contributed by atoms with Gasteiger partial charge in [0.1, 0.15) is 42.2 Å². The van der Waals surface area contributed by atoms with Gasteiger partial charge in [-0.3, -0.25) is 24.0 Å². The van der Waals surface area contributed by atoms with Crippen LogP contribution in [0.1, 0.15) is 115 Å². The number of carbonyl (C=O) groups is 4. The summed E-state index contributed by atoms with van der Waals surface area (Å²) in [6, 6.07) is 5.70. The number of hydrogen-bond donors (Lipinski definition) is 3. The molecule has 1 aromatic carbocycles. The summed E-state index contributed by atoms with van der Waals surface area (Å²) in [7, 11) is -4.00. The van der Waals surface area contributed by atoms with Gasteiger partial charge in [0.25, 0.3) is 5.91 Å². The molecular weight excluding hydrogens is 825 g/mol. The lowest BCUT2D eigenvalue weighted by molar-refractivity contribution is -0.141. The molecule has 5 heterocycles. The minimum absolute atomic E-state index is 0.00702. The predicted molar refractivity (Wildman–Crippen MR) is 236 cm³/mol. The molecule has 7 atom stereocenters. The maximum absolute atomic E-state index is 14.8. The summed E-state index contributed by atoms with van der Waals surface area (Å²) in [4.78, 5) is 65.9. The van der Waals surface area contributed by atoms with Gasteiger partial charge in [-0.1, -0.05) is 49.6 Å². The van der Waals surface area contributed by atoms with Crippen LogP contribution in [0.15, 0.2) is 42.5 Å². The molecule has 3 aliphatic carbocycles. The first kappa shape index (κ1) is 43.5. The molecular formula is C47H62N6O9S. The van der Waals surface area contributed by atoms with E-state index in [9.17, 15) is 27.6 Å². The van der Waals surface area contributed by atoms with Gasteiger partial charge in [0.2, 0.25) is 27.7 Å². The van der Waals surface area contributed by atoms with Gasteiger partial charge in [-0.05, 0) is 121 Å². The topological polar surface area (TPSA) is 186 Å². The lowest BCUT2D eigenvalue weighted by Crippen LogP contribution is -2.58. The molecule has 9 rings (SSSR count). The van der Waals surface area contributed by atoms with Crippen molar-refractivity contribution in [2.45, 2.75) is 144 Å². The number of sulfonamides is 1. The number of para-hydroxylation sites is 1. The van der Waals surface area contributed by atoms with E-state index in [1.54, 1.807) is 6.92 Å². The second kappa shape index (κ2) is 18.1. The molecule has 3 bridgehead atoms. The van der Waals surface area contributed by atoms with Crippen molar-refractivity contribution in [2.24, 2.45) is 11.8 Å². The maximum Gasteiger partial charge on any atom is 0.408 e. The number of nitrogens with zero attached hydrogens (tertiary/aromatic N) is 3. The Morgan fingerprint density at radius 1 is 0.968 bits per heavy atom. The number of pyridine rings is 1. The van der Waals surface area contributed by atoms with Gasteiger partial charge in [-0.2, -0.15) is 0 Å². The van der Waals surface area contributed by atoms with Crippen LogP contribution in [0.2, 0.25) is 0 Å². The van der Waals surface area contributed by atoms with Crippen LogP contribution >= 0.6 is 0 Å². The largest absolute Gasteiger partial charge is 0.491 e. The second-order valence-electron chi connectivity index (χ2n) is 19.1. The van der Waals surface area contributed by atoms with Gasteiger partial charge < -0.3 is 29.7 Å². The number of alkyl carbamates (subject to hydrolysis) is 1. The number of piperidine rings is 1. The lowest BCUT2D eigenvalue weighted by Gasteiger charge is -2.30. The van der Waals surface area contributed by atoms with Crippen LogP contribution in [0.25, 0.3) is 17.0 Å². The number of aromatic nitrogens is 1. The molecule has 0 unspecified atom stereocenters. The first-order chi connectivity index (χ1) is 30.4. The molecule has 2 saturated heterocycles. The highest BCUT2D eigenvalue weighted by Crippen LogP contribution is 2.48. The highest BCUT2D eigenvalue weighted by atomic mass is 32.2. The summed E-state index contributed by atoms with van der Waals surface area (Å²) in [6.45, 7) is 4.96. The Kier molecular flexibility index (Phi) is 12.5. The highest BCUT2D eigenvalue weighted by molar-refractivity contribution is 7.91. The molecule has 2 aromatic rings. The molecule has 4 amide bonds. The number of likely N-dealkylation sites (tertiary alicyclic amines) is 1. The smallest absolute Gasteiger partial charge is 0.408 e. The van der Waals surface area contributed by atoms with Crippen molar-refractivity contribution in [3.05, 3.63) is 48.1 Å². The molecule has 1 aromatic heterocycles. The molecule has 3 N–H and O–H groups in total. The number of rotatable bonds is 7. The van der Waals surface area contributed by atoms with Gasteiger partial charge in [0.15, 0.2) is 0 Å². The molecule has 3 saturated carbocycles. The molecule has 0 radical (unpaired) electrons. The molecule has 63 heavy (non-hydrogen) atoms. The first-order valence-electron chi connectivity index (χ1n) is 23.4. The van der Waals surface area contributed by atoms with Gasteiger partial charge >= 0.3 is 6.09 Å². The van der Waals surface area contributed by atoms with Crippen LogP contribution in [0.4, 0.5) is 4.79 Å². The fraction of sp³-hybridized carbons (Fsp3) is 0.638. The Morgan fingerprint density at radius 3 is 2.59 bits per heavy atom. The number of ether oxygens (including phenoxy) is 3. The molecule has 0 spiro atoms. The Labute approximate surface area is 370 Å². The van der Waals surface area contributed by atoms with E-state index in [2.05, 4.69) is 26.3 Å². The number of benzene rings is 1. The first-order valence-corrected chi connectivity index (χ1v) is 24.9. The van der Waals surface area contributed by atoms with E-state index in [-0.39, 0.29) is 31.4 Å². The quantitative estimate of drug-likeness (QED) is 0.298. The van der Waals surface area contributed by atoms with Crippen molar-refractivity contribution in [2.75, 3.05) is 32.8 Å². The number of nitrogens with one attached hydrogen (secondary N) is 3. The van der Waals surface area contributed by atoms with Crippen LogP contribution in [0.5, 0.6) is 11.6 Å². The number of carbonyl (C=O) groups excluding carboxylic acids is 4. The number of amides is 4. The molecule has 16 heteroatoms. The number of fused-ring (bicyclic) bond motifs is 6. The van der Waals surface area contributed by atoms with Crippen molar-refractivity contribution in [1.82, 2.24) is 30.1 Å². The van der Waals surface area contributed by atoms with Gasteiger partial charge in [0, 0.05) is 24.3 Å². The summed E-state index contributed by atoms with van der Waals surface area (Å²) in [5, 5.41) is 6.67. The summed E-state index contributed by atoms with van der Waals surface area (Å²) < 4.78 is 47.2. The standard InChI is InChI=1S/C47H62N6O9S/c1-46(21-22-46)63(58,59)51-44(56)47-29-32(47)16-8-3-2-4-10-20-37-43(55)53-30-33(28-38(53)41(54)50-47)61-42-35(18-9-5-7-15-31-27-39(31)62-45(57)49-37)40(34-17-11-12-19-36(34)48-42)60-26-25-52-23-13-6-14-24-52/h8-9,11-12,16-19,31-33,37-39H,2-7,10,13-15,20-30H2,1H3,(H,49,57)(H,50,54)(H,51,56)/b16-8-,18-9+/t31-,32+,33-,37+,38+,39-,47-/m1/s1. The van der Waals surface area contributed by atoms with Crippen molar-refractivity contribution in [1.29, 1.82) is 0 Å². The Balaban J connectivity index is 1.06. The zero-order chi connectivity index (χ0) is 43.8. The zero-order valence-electron chi connectivity index (χ0n) is 36.4. The molecule has 340 valence electrons. The minimum atomic E-state index is -4.00. The Hall–Kier alpha value is -4.70. The lowest BCUT2D eigenvalue weighted by atomic mass is 10.0. The van der Waals surface area contributed by atoms with Crippen molar-refractivity contribution in [3.63, 3.8) is 0 Å². The summed E-state index contributed by atoms with van der Waals surface area (Å²) in [5.74, 6) is -1.06. The third-order valence-electron chi connectivity index (χ3n) is 14.3. The maximum atomic E-state index is 14.8. The number of allylic oxidation sites excluding steroid dienone is 2. The minimum Gasteiger partial charge on any atom is -0.491 e. The van der Waals surface area contributed by atoms with E-state index in [0.29, 0.717) is 61.4 Å².